The maximum absolute atomic E-state index is 13.0. The number of nitrogens with zero attached hydrogens (tertiary/aromatic N) is 5. The third kappa shape index (κ3) is 4.11. The van der Waals surface area contributed by atoms with Gasteiger partial charge in [0.15, 0.2) is 11.5 Å². The standard InChI is InChI=1S/C20H21N5O3/c1-24-13-22-23-19(24)6-7-20(26)25(12-16-3-2-8-21-10-16)11-15-4-5-17-18(9-15)28-14-27-17/h2-5,8-10,13H,6-7,11-12,14H2,1H3. The molecule has 0 unspecified atom stereocenters. The highest BCUT2D eigenvalue weighted by atomic mass is 16.7. The number of ether oxygens (including phenoxy) is 2. The van der Waals surface area contributed by atoms with Gasteiger partial charge in [0.25, 0.3) is 0 Å². The second-order valence-electron chi connectivity index (χ2n) is 6.66. The molecule has 0 saturated carbocycles. The zero-order chi connectivity index (χ0) is 19.3. The molecule has 0 N–H and O–H groups in total. The van der Waals surface area contributed by atoms with Crippen molar-refractivity contribution >= 4 is 5.91 Å². The summed E-state index contributed by atoms with van der Waals surface area (Å²) >= 11 is 0. The van der Waals surface area contributed by atoms with E-state index >= 15 is 0 Å². The number of aromatic nitrogens is 4. The van der Waals surface area contributed by atoms with Gasteiger partial charge in [-0.1, -0.05) is 12.1 Å². The number of hydrogen-bond donors (Lipinski definition) is 0. The molecule has 3 heterocycles. The summed E-state index contributed by atoms with van der Waals surface area (Å²) in [6.45, 7) is 1.19. The number of amides is 1. The molecule has 8 nitrogen and oxygen atoms in total. The molecule has 1 aliphatic rings. The number of benzene rings is 1. The van der Waals surface area contributed by atoms with Crippen molar-refractivity contribution in [1.82, 2.24) is 24.6 Å². The van der Waals surface area contributed by atoms with E-state index < -0.39 is 0 Å². The molecule has 0 spiro atoms. The number of hydrogen-bond acceptors (Lipinski definition) is 6. The largest absolute Gasteiger partial charge is 0.454 e. The van der Waals surface area contributed by atoms with Gasteiger partial charge in [0.1, 0.15) is 12.2 Å². The van der Waals surface area contributed by atoms with Crippen LogP contribution in [0.2, 0.25) is 0 Å². The van der Waals surface area contributed by atoms with Crippen molar-refractivity contribution < 1.29 is 14.3 Å². The number of carbonyl (C=O) groups is 1. The molecule has 2 aromatic heterocycles. The van der Waals surface area contributed by atoms with Crippen molar-refractivity contribution in [2.24, 2.45) is 7.05 Å². The van der Waals surface area contributed by atoms with Gasteiger partial charge >= 0.3 is 0 Å². The van der Waals surface area contributed by atoms with Gasteiger partial charge in [-0.05, 0) is 29.3 Å². The molecular formula is C20H21N5O3. The second kappa shape index (κ2) is 8.08. The predicted octanol–water partition coefficient (Wildman–Crippen LogP) is 2.10. The third-order valence-electron chi connectivity index (χ3n) is 4.63. The first-order chi connectivity index (χ1) is 13.7. The van der Waals surface area contributed by atoms with E-state index in [9.17, 15) is 4.79 Å². The Morgan fingerprint density at radius 2 is 2.04 bits per heavy atom. The molecule has 0 bridgehead atoms. The van der Waals surface area contributed by atoms with Gasteiger partial charge in [0.2, 0.25) is 12.7 Å². The summed E-state index contributed by atoms with van der Waals surface area (Å²) in [6.07, 6.45) is 6.04. The van der Waals surface area contributed by atoms with Crippen LogP contribution in [0.4, 0.5) is 0 Å². The van der Waals surface area contributed by atoms with Crippen LogP contribution in [-0.4, -0.2) is 37.3 Å². The SMILES string of the molecule is Cn1cnnc1CCC(=O)N(Cc1cccnc1)Cc1ccc2c(c1)OCO2. The zero-order valence-electron chi connectivity index (χ0n) is 15.6. The molecule has 0 radical (unpaired) electrons. The lowest BCUT2D eigenvalue weighted by Crippen LogP contribution is -2.30. The summed E-state index contributed by atoms with van der Waals surface area (Å²) < 4.78 is 12.7. The number of pyridine rings is 1. The summed E-state index contributed by atoms with van der Waals surface area (Å²) in [7, 11) is 1.87. The van der Waals surface area contributed by atoms with Gasteiger partial charge in [0.05, 0.1) is 0 Å². The Hall–Kier alpha value is -3.42. The average molecular weight is 379 g/mol. The van der Waals surface area contributed by atoms with Crippen molar-refractivity contribution in [1.29, 1.82) is 0 Å². The van der Waals surface area contributed by atoms with Crippen molar-refractivity contribution in [3.63, 3.8) is 0 Å². The summed E-state index contributed by atoms with van der Waals surface area (Å²) in [4.78, 5) is 19.0. The molecular weight excluding hydrogens is 358 g/mol. The van der Waals surface area contributed by atoms with Gasteiger partial charge in [-0.15, -0.1) is 10.2 Å². The lowest BCUT2D eigenvalue weighted by atomic mass is 10.1. The molecule has 0 atom stereocenters. The fourth-order valence-corrected chi connectivity index (χ4v) is 3.11. The highest BCUT2D eigenvalue weighted by Gasteiger charge is 2.19. The van der Waals surface area contributed by atoms with Crippen LogP contribution < -0.4 is 9.47 Å². The fraction of sp³-hybridized carbons (Fsp3) is 0.300. The molecule has 1 aliphatic heterocycles. The van der Waals surface area contributed by atoms with Crippen LogP contribution in [0.5, 0.6) is 11.5 Å². The molecule has 0 fully saturated rings. The Morgan fingerprint density at radius 3 is 2.82 bits per heavy atom. The van der Waals surface area contributed by atoms with E-state index in [1.54, 1.807) is 18.7 Å². The molecule has 8 heteroatoms. The van der Waals surface area contributed by atoms with E-state index in [1.165, 1.54) is 0 Å². The second-order valence-corrected chi connectivity index (χ2v) is 6.66. The summed E-state index contributed by atoms with van der Waals surface area (Å²) in [5.41, 5.74) is 1.97. The number of aryl methyl sites for hydroxylation is 2. The van der Waals surface area contributed by atoms with E-state index in [0.29, 0.717) is 31.7 Å². The van der Waals surface area contributed by atoms with Crippen LogP contribution in [0.25, 0.3) is 0 Å². The van der Waals surface area contributed by atoms with E-state index in [1.807, 2.05) is 46.8 Å². The summed E-state index contributed by atoms with van der Waals surface area (Å²) in [6, 6.07) is 9.60. The average Bonchev–Trinajstić information content (AvgIpc) is 3.34. The third-order valence-corrected chi connectivity index (χ3v) is 4.63. The minimum atomic E-state index is 0.0459. The van der Waals surface area contributed by atoms with Crippen LogP contribution in [0.1, 0.15) is 23.4 Å². The quantitative estimate of drug-likeness (QED) is 0.625. The number of carbonyl (C=O) groups excluding carboxylic acids is 1. The van der Waals surface area contributed by atoms with Gasteiger partial charge in [-0.25, -0.2) is 0 Å². The van der Waals surface area contributed by atoms with Crippen LogP contribution >= 0.6 is 0 Å². The zero-order valence-corrected chi connectivity index (χ0v) is 15.6. The maximum Gasteiger partial charge on any atom is 0.231 e. The first-order valence-corrected chi connectivity index (χ1v) is 9.07. The molecule has 0 aliphatic carbocycles. The van der Waals surface area contributed by atoms with Crippen LogP contribution in [0.3, 0.4) is 0 Å². The monoisotopic (exact) mass is 379 g/mol. The fourth-order valence-electron chi connectivity index (χ4n) is 3.11. The molecule has 1 aromatic carbocycles. The molecule has 0 saturated heterocycles. The van der Waals surface area contributed by atoms with E-state index in [0.717, 1.165) is 22.7 Å². The van der Waals surface area contributed by atoms with Crippen molar-refractivity contribution in [3.8, 4) is 11.5 Å². The van der Waals surface area contributed by atoms with Crippen LogP contribution in [-0.2, 0) is 31.4 Å². The number of rotatable bonds is 7. The Labute approximate surface area is 162 Å². The Kier molecular flexibility index (Phi) is 5.18. The van der Waals surface area contributed by atoms with E-state index in [-0.39, 0.29) is 12.7 Å². The van der Waals surface area contributed by atoms with E-state index in [2.05, 4.69) is 15.2 Å². The Balaban J connectivity index is 1.49. The lowest BCUT2D eigenvalue weighted by Gasteiger charge is -2.23. The minimum absolute atomic E-state index is 0.0459. The normalized spacial score (nSPS) is 12.2. The van der Waals surface area contributed by atoms with Crippen molar-refractivity contribution in [2.75, 3.05) is 6.79 Å². The Morgan fingerprint density at radius 1 is 1.18 bits per heavy atom. The van der Waals surface area contributed by atoms with Gasteiger partial charge in [-0.3, -0.25) is 9.78 Å². The minimum Gasteiger partial charge on any atom is -0.454 e. The van der Waals surface area contributed by atoms with Gasteiger partial charge in [-0.2, -0.15) is 0 Å². The molecule has 28 heavy (non-hydrogen) atoms. The van der Waals surface area contributed by atoms with Gasteiger partial charge in [0, 0.05) is 45.4 Å². The maximum atomic E-state index is 13.0. The molecule has 144 valence electrons. The lowest BCUT2D eigenvalue weighted by molar-refractivity contribution is -0.132. The van der Waals surface area contributed by atoms with Crippen LogP contribution in [0, 0.1) is 0 Å². The molecule has 4 rings (SSSR count). The molecule has 3 aromatic rings. The Bertz CT molecular complexity index is 957. The summed E-state index contributed by atoms with van der Waals surface area (Å²) in [5.74, 6) is 2.28. The van der Waals surface area contributed by atoms with Crippen molar-refractivity contribution in [3.05, 3.63) is 66.0 Å². The highest BCUT2D eigenvalue weighted by molar-refractivity contribution is 5.76. The number of fused-ring (bicyclic) bond motifs is 1. The molecule has 1 amide bonds. The van der Waals surface area contributed by atoms with Crippen molar-refractivity contribution in [2.45, 2.75) is 25.9 Å². The topological polar surface area (TPSA) is 82.4 Å². The first-order valence-electron chi connectivity index (χ1n) is 9.07. The van der Waals surface area contributed by atoms with Crippen LogP contribution in [0.15, 0.2) is 49.1 Å². The highest BCUT2D eigenvalue weighted by Crippen LogP contribution is 2.33. The van der Waals surface area contributed by atoms with E-state index in [4.69, 9.17) is 9.47 Å². The smallest absolute Gasteiger partial charge is 0.231 e. The first kappa shape index (κ1) is 18.0. The summed E-state index contributed by atoms with van der Waals surface area (Å²) in [5, 5.41) is 7.92. The van der Waals surface area contributed by atoms with Gasteiger partial charge < -0.3 is 18.9 Å². The predicted molar refractivity (Wildman–Crippen MR) is 100 cm³/mol.